The molecular formula is C16H22F2N2OS. The van der Waals surface area contributed by atoms with Gasteiger partial charge >= 0.3 is 0 Å². The van der Waals surface area contributed by atoms with Crippen LogP contribution in [-0.2, 0) is 4.79 Å². The molecule has 2 rings (SSSR count). The van der Waals surface area contributed by atoms with Gasteiger partial charge in [0.05, 0.1) is 6.54 Å². The van der Waals surface area contributed by atoms with Gasteiger partial charge in [-0.2, -0.15) is 11.8 Å². The quantitative estimate of drug-likeness (QED) is 0.871. The highest BCUT2D eigenvalue weighted by atomic mass is 32.2. The lowest BCUT2D eigenvalue weighted by molar-refractivity contribution is -0.122. The molecule has 1 amide bonds. The first-order valence-electron chi connectivity index (χ1n) is 7.47. The van der Waals surface area contributed by atoms with Crippen LogP contribution in [0, 0.1) is 11.6 Å². The second kappa shape index (κ2) is 7.92. The van der Waals surface area contributed by atoms with Crippen LogP contribution in [0.4, 0.5) is 8.78 Å². The van der Waals surface area contributed by atoms with Gasteiger partial charge in [0.15, 0.2) is 11.6 Å². The maximum atomic E-state index is 13.2. The fourth-order valence-electron chi connectivity index (χ4n) is 2.48. The lowest BCUT2D eigenvalue weighted by atomic mass is 10.0. The Kier molecular flexibility index (Phi) is 6.20. The minimum Gasteiger partial charge on any atom is -0.354 e. The Morgan fingerprint density at radius 3 is 2.86 bits per heavy atom. The average molecular weight is 328 g/mol. The first-order valence-corrected chi connectivity index (χ1v) is 8.62. The number of hydrogen-bond acceptors (Lipinski definition) is 3. The molecule has 1 aromatic rings. The van der Waals surface area contributed by atoms with E-state index in [9.17, 15) is 13.6 Å². The highest BCUT2D eigenvalue weighted by Crippen LogP contribution is 2.21. The molecule has 1 N–H and O–H groups in total. The van der Waals surface area contributed by atoms with Crippen molar-refractivity contribution in [2.24, 2.45) is 0 Å². The highest BCUT2D eigenvalue weighted by molar-refractivity contribution is 7.99. The Labute approximate surface area is 134 Å². The van der Waals surface area contributed by atoms with E-state index in [0.29, 0.717) is 24.7 Å². The smallest absolute Gasteiger partial charge is 0.234 e. The van der Waals surface area contributed by atoms with E-state index in [1.54, 1.807) is 6.07 Å². The number of amides is 1. The summed E-state index contributed by atoms with van der Waals surface area (Å²) in [5.41, 5.74) is 0.680. The van der Waals surface area contributed by atoms with Crippen molar-refractivity contribution in [1.29, 1.82) is 0 Å². The zero-order valence-corrected chi connectivity index (χ0v) is 13.8. The number of halogens is 2. The third-order valence-electron chi connectivity index (χ3n) is 4.04. The summed E-state index contributed by atoms with van der Waals surface area (Å²) in [6.07, 6.45) is 1.12. The van der Waals surface area contributed by atoms with E-state index in [2.05, 4.69) is 10.2 Å². The van der Waals surface area contributed by atoms with Crippen LogP contribution in [0.5, 0.6) is 0 Å². The van der Waals surface area contributed by atoms with Gasteiger partial charge in [-0.1, -0.05) is 13.0 Å². The van der Waals surface area contributed by atoms with Crippen molar-refractivity contribution in [1.82, 2.24) is 10.2 Å². The van der Waals surface area contributed by atoms with Gasteiger partial charge in [0.25, 0.3) is 0 Å². The molecule has 0 spiro atoms. The Bertz CT molecular complexity index is 521. The fraction of sp³-hybridized carbons (Fsp3) is 0.562. The molecule has 1 aromatic carbocycles. The molecular weight excluding hydrogens is 306 g/mol. The van der Waals surface area contributed by atoms with E-state index in [-0.39, 0.29) is 11.8 Å². The van der Waals surface area contributed by atoms with Crippen LogP contribution in [0.1, 0.15) is 24.8 Å². The zero-order chi connectivity index (χ0) is 16.1. The standard InChI is InChI=1S/C16H22F2N2OS/c1-11(12-3-4-14(17)15(18)7-12)8-19-16(21)9-20(2)13-5-6-22-10-13/h3-4,7,11,13H,5-6,8-10H2,1-2H3,(H,19,21). The first kappa shape index (κ1) is 17.2. The van der Waals surface area contributed by atoms with Crippen molar-refractivity contribution in [2.45, 2.75) is 25.3 Å². The Morgan fingerprint density at radius 1 is 1.45 bits per heavy atom. The number of likely N-dealkylation sites (N-methyl/N-ethyl adjacent to an activating group) is 1. The summed E-state index contributed by atoms with van der Waals surface area (Å²) < 4.78 is 26.1. The molecule has 2 atom stereocenters. The summed E-state index contributed by atoms with van der Waals surface area (Å²) in [6.45, 7) is 2.66. The maximum absolute atomic E-state index is 13.2. The van der Waals surface area contributed by atoms with Crippen LogP contribution in [0.25, 0.3) is 0 Å². The van der Waals surface area contributed by atoms with Crippen molar-refractivity contribution >= 4 is 17.7 Å². The number of carbonyl (C=O) groups excluding carboxylic acids is 1. The van der Waals surface area contributed by atoms with Gasteiger partial charge in [-0.25, -0.2) is 8.78 Å². The lowest BCUT2D eigenvalue weighted by Gasteiger charge is -2.23. The SMILES string of the molecule is CC(CNC(=O)CN(C)C1CCSC1)c1ccc(F)c(F)c1. The number of nitrogens with one attached hydrogen (secondary N) is 1. The van der Waals surface area contributed by atoms with E-state index >= 15 is 0 Å². The molecule has 1 heterocycles. The largest absolute Gasteiger partial charge is 0.354 e. The number of hydrogen-bond donors (Lipinski definition) is 1. The molecule has 0 bridgehead atoms. The van der Waals surface area contributed by atoms with Crippen LogP contribution in [0.15, 0.2) is 18.2 Å². The van der Waals surface area contributed by atoms with E-state index in [0.717, 1.165) is 24.0 Å². The summed E-state index contributed by atoms with van der Waals surface area (Å²) in [4.78, 5) is 14.1. The van der Waals surface area contributed by atoms with Crippen LogP contribution < -0.4 is 5.32 Å². The number of rotatable bonds is 6. The first-order chi connectivity index (χ1) is 10.5. The predicted octanol–water partition coefficient (Wildman–Crippen LogP) is 2.62. The molecule has 22 heavy (non-hydrogen) atoms. The monoisotopic (exact) mass is 328 g/mol. The van der Waals surface area contributed by atoms with Crippen molar-refractivity contribution in [3.05, 3.63) is 35.4 Å². The molecule has 0 radical (unpaired) electrons. The van der Waals surface area contributed by atoms with Crippen LogP contribution >= 0.6 is 11.8 Å². The molecule has 1 saturated heterocycles. The summed E-state index contributed by atoms with van der Waals surface area (Å²) in [5.74, 6) is 0.434. The van der Waals surface area contributed by atoms with Gasteiger partial charge < -0.3 is 5.32 Å². The Balaban J connectivity index is 1.78. The third-order valence-corrected chi connectivity index (χ3v) is 5.18. The molecule has 6 heteroatoms. The number of benzene rings is 1. The second-order valence-electron chi connectivity index (χ2n) is 5.81. The summed E-state index contributed by atoms with van der Waals surface area (Å²) >= 11 is 1.92. The Hall–Kier alpha value is -1.14. The van der Waals surface area contributed by atoms with Crippen molar-refractivity contribution in [2.75, 3.05) is 31.6 Å². The van der Waals surface area contributed by atoms with E-state index in [1.165, 1.54) is 6.07 Å². The van der Waals surface area contributed by atoms with E-state index < -0.39 is 11.6 Å². The van der Waals surface area contributed by atoms with E-state index in [4.69, 9.17) is 0 Å². The predicted molar refractivity (Wildman–Crippen MR) is 86.1 cm³/mol. The number of carbonyl (C=O) groups is 1. The van der Waals surface area contributed by atoms with Gasteiger partial charge in [-0.05, 0) is 42.8 Å². The summed E-state index contributed by atoms with van der Waals surface area (Å²) in [7, 11) is 1.97. The molecule has 1 aliphatic heterocycles. The molecule has 122 valence electrons. The van der Waals surface area contributed by atoms with Crippen molar-refractivity contribution in [3.63, 3.8) is 0 Å². The minimum atomic E-state index is -0.853. The molecule has 1 fully saturated rings. The van der Waals surface area contributed by atoms with Crippen LogP contribution in [0.2, 0.25) is 0 Å². The van der Waals surface area contributed by atoms with E-state index in [1.807, 2.05) is 25.7 Å². The second-order valence-corrected chi connectivity index (χ2v) is 6.96. The molecule has 3 nitrogen and oxygen atoms in total. The topological polar surface area (TPSA) is 32.3 Å². The molecule has 0 saturated carbocycles. The van der Waals surface area contributed by atoms with Gasteiger partial charge in [0.1, 0.15) is 0 Å². The lowest BCUT2D eigenvalue weighted by Crippen LogP contribution is -2.41. The molecule has 1 aliphatic rings. The number of thioether (sulfide) groups is 1. The fourth-order valence-corrected chi connectivity index (χ4v) is 3.78. The maximum Gasteiger partial charge on any atom is 0.234 e. The molecule has 0 aliphatic carbocycles. The average Bonchev–Trinajstić information content (AvgIpc) is 3.02. The summed E-state index contributed by atoms with van der Waals surface area (Å²) in [5, 5.41) is 2.87. The normalized spacial score (nSPS) is 19.4. The van der Waals surface area contributed by atoms with Gasteiger partial charge in [0, 0.05) is 18.3 Å². The van der Waals surface area contributed by atoms with Crippen LogP contribution in [0.3, 0.4) is 0 Å². The Morgan fingerprint density at radius 2 is 2.23 bits per heavy atom. The van der Waals surface area contributed by atoms with Crippen molar-refractivity contribution in [3.8, 4) is 0 Å². The number of nitrogens with zero attached hydrogens (tertiary/aromatic N) is 1. The van der Waals surface area contributed by atoms with Gasteiger partial charge in [-0.15, -0.1) is 0 Å². The zero-order valence-electron chi connectivity index (χ0n) is 12.9. The van der Waals surface area contributed by atoms with Gasteiger partial charge in [-0.3, -0.25) is 9.69 Å². The third kappa shape index (κ3) is 4.68. The molecule has 2 unspecified atom stereocenters. The van der Waals surface area contributed by atoms with Gasteiger partial charge in [0.2, 0.25) is 5.91 Å². The van der Waals surface area contributed by atoms with Crippen LogP contribution in [-0.4, -0.2) is 48.5 Å². The molecule has 0 aromatic heterocycles. The van der Waals surface area contributed by atoms with Crippen molar-refractivity contribution < 1.29 is 13.6 Å². The highest BCUT2D eigenvalue weighted by Gasteiger charge is 2.21. The minimum absolute atomic E-state index is 0.0335. The summed E-state index contributed by atoms with van der Waals surface area (Å²) in [6, 6.07) is 4.33.